The van der Waals surface area contributed by atoms with Gasteiger partial charge in [-0.15, -0.1) is 0 Å². The van der Waals surface area contributed by atoms with Crippen LogP contribution in [0.15, 0.2) is 47.4 Å². The van der Waals surface area contributed by atoms with Crippen molar-refractivity contribution in [2.75, 3.05) is 32.1 Å². The highest BCUT2D eigenvalue weighted by atomic mass is 32.2. The zero-order valence-corrected chi connectivity index (χ0v) is 17.5. The number of benzene rings is 2. The molecule has 10 heteroatoms. The van der Waals surface area contributed by atoms with Crippen molar-refractivity contribution in [1.82, 2.24) is 9.62 Å². The fourth-order valence-electron chi connectivity index (χ4n) is 2.83. The van der Waals surface area contributed by atoms with Crippen LogP contribution in [0.4, 0.5) is 5.69 Å². The maximum absolute atomic E-state index is 12.7. The van der Waals surface area contributed by atoms with Gasteiger partial charge in [-0.1, -0.05) is 6.07 Å². The predicted molar refractivity (Wildman–Crippen MR) is 110 cm³/mol. The number of anilines is 1. The van der Waals surface area contributed by atoms with Gasteiger partial charge >= 0.3 is 0 Å². The molecule has 0 saturated carbocycles. The van der Waals surface area contributed by atoms with Gasteiger partial charge in [-0.2, -0.15) is 4.31 Å². The summed E-state index contributed by atoms with van der Waals surface area (Å²) in [6, 6.07) is 11.1. The Bertz CT molecular complexity index is 1040. The third-order valence-electron chi connectivity index (χ3n) is 4.35. The fraction of sp³-hybridized carbons (Fsp3) is 0.300. The first-order chi connectivity index (χ1) is 14.3. The van der Waals surface area contributed by atoms with Crippen molar-refractivity contribution in [1.29, 1.82) is 0 Å². The van der Waals surface area contributed by atoms with Crippen molar-refractivity contribution >= 4 is 27.5 Å². The van der Waals surface area contributed by atoms with Gasteiger partial charge in [0.2, 0.25) is 21.8 Å². The van der Waals surface area contributed by atoms with Crippen molar-refractivity contribution in [2.45, 2.75) is 18.4 Å². The van der Waals surface area contributed by atoms with Crippen molar-refractivity contribution < 1.29 is 27.5 Å². The molecule has 0 unspecified atom stereocenters. The van der Waals surface area contributed by atoms with Crippen LogP contribution in [-0.2, 0) is 26.2 Å². The van der Waals surface area contributed by atoms with Gasteiger partial charge in [-0.3, -0.25) is 9.59 Å². The largest absolute Gasteiger partial charge is 0.486 e. The molecular formula is C20H23N3O6S. The molecule has 1 aliphatic heterocycles. The van der Waals surface area contributed by atoms with Crippen LogP contribution >= 0.6 is 0 Å². The zero-order chi connectivity index (χ0) is 21.7. The minimum Gasteiger partial charge on any atom is -0.486 e. The number of likely N-dealkylation sites (N-methyl/N-ethyl adjacent to an activating group) is 1. The lowest BCUT2D eigenvalue weighted by Gasteiger charge is -2.19. The van der Waals surface area contributed by atoms with E-state index < -0.39 is 15.9 Å². The van der Waals surface area contributed by atoms with Crippen LogP contribution in [0, 0.1) is 0 Å². The van der Waals surface area contributed by atoms with Gasteiger partial charge < -0.3 is 20.1 Å². The highest BCUT2D eigenvalue weighted by molar-refractivity contribution is 7.89. The molecule has 0 saturated heterocycles. The summed E-state index contributed by atoms with van der Waals surface area (Å²) < 4.78 is 37.3. The maximum Gasteiger partial charge on any atom is 0.243 e. The van der Waals surface area contributed by atoms with E-state index in [1.54, 1.807) is 12.1 Å². The third-order valence-corrected chi connectivity index (χ3v) is 6.16. The number of rotatable bonds is 7. The summed E-state index contributed by atoms with van der Waals surface area (Å²) in [4.78, 5) is 23.3. The van der Waals surface area contributed by atoms with E-state index in [0.29, 0.717) is 30.4 Å². The summed E-state index contributed by atoms with van der Waals surface area (Å²) in [7, 11) is -2.52. The van der Waals surface area contributed by atoms with Crippen LogP contribution in [0.2, 0.25) is 0 Å². The quantitative estimate of drug-likeness (QED) is 0.681. The average Bonchev–Trinajstić information content (AvgIpc) is 2.72. The van der Waals surface area contributed by atoms with Crippen LogP contribution in [0.5, 0.6) is 11.5 Å². The lowest BCUT2D eigenvalue weighted by Crippen LogP contribution is -2.38. The number of amides is 2. The molecule has 2 N–H and O–H groups in total. The minimum atomic E-state index is -3.85. The molecule has 2 aromatic rings. The second kappa shape index (κ2) is 9.14. The Morgan fingerprint density at radius 3 is 2.37 bits per heavy atom. The summed E-state index contributed by atoms with van der Waals surface area (Å²) in [6.45, 7) is 2.23. The van der Waals surface area contributed by atoms with Crippen molar-refractivity contribution in [3.63, 3.8) is 0 Å². The number of hydrogen-bond acceptors (Lipinski definition) is 6. The van der Waals surface area contributed by atoms with Gasteiger partial charge in [-0.25, -0.2) is 8.42 Å². The van der Waals surface area contributed by atoms with Crippen LogP contribution in [0.3, 0.4) is 0 Å². The second-order valence-corrected chi connectivity index (χ2v) is 8.77. The third kappa shape index (κ3) is 5.28. The van der Waals surface area contributed by atoms with Crippen LogP contribution in [0.1, 0.15) is 12.5 Å². The number of nitrogens with zero attached hydrogens (tertiary/aromatic N) is 1. The number of hydrogen-bond donors (Lipinski definition) is 2. The van der Waals surface area contributed by atoms with Crippen molar-refractivity contribution in [3.05, 3.63) is 48.0 Å². The number of fused-ring (bicyclic) bond motifs is 1. The van der Waals surface area contributed by atoms with E-state index in [2.05, 4.69) is 10.6 Å². The Labute approximate surface area is 175 Å². The Morgan fingerprint density at radius 2 is 1.70 bits per heavy atom. The zero-order valence-electron chi connectivity index (χ0n) is 16.7. The molecule has 30 heavy (non-hydrogen) atoms. The molecule has 1 aliphatic rings. The lowest BCUT2D eigenvalue weighted by atomic mass is 10.2. The maximum atomic E-state index is 12.7. The van der Waals surface area contributed by atoms with Gasteiger partial charge in [0.1, 0.15) is 13.2 Å². The highest BCUT2D eigenvalue weighted by Crippen LogP contribution is 2.30. The molecule has 0 fully saturated rings. The average molecular weight is 433 g/mol. The first-order valence-corrected chi connectivity index (χ1v) is 10.7. The van der Waals surface area contributed by atoms with Crippen LogP contribution in [-0.4, -0.2) is 51.3 Å². The van der Waals surface area contributed by atoms with Gasteiger partial charge in [0.05, 0.1) is 11.4 Å². The smallest absolute Gasteiger partial charge is 0.243 e. The number of ether oxygens (including phenoxy) is 2. The first-order valence-electron chi connectivity index (χ1n) is 9.25. The van der Waals surface area contributed by atoms with Crippen LogP contribution in [0.25, 0.3) is 0 Å². The molecule has 1 heterocycles. The molecule has 0 aromatic heterocycles. The topological polar surface area (TPSA) is 114 Å². The Balaban J connectivity index is 1.57. The molecule has 0 atom stereocenters. The summed E-state index contributed by atoms with van der Waals surface area (Å²) in [6.07, 6.45) is 0. The molecule has 2 aromatic carbocycles. The standard InChI is InChI=1S/C20H23N3O6S/c1-14(24)22-16-4-6-17(7-5-16)30(26,27)23(2)13-20(25)21-12-15-3-8-18-19(11-15)29-10-9-28-18/h3-8,11H,9-10,12-13H2,1-2H3,(H,21,25)(H,22,24). The van der Waals surface area contributed by atoms with E-state index in [1.165, 1.54) is 38.2 Å². The first kappa shape index (κ1) is 21.6. The number of carbonyl (C=O) groups is 2. The molecule has 0 aliphatic carbocycles. The molecule has 3 rings (SSSR count). The number of sulfonamides is 1. The fourth-order valence-corrected chi connectivity index (χ4v) is 3.96. The van der Waals surface area contributed by atoms with Crippen molar-refractivity contribution in [3.8, 4) is 11.5 Å². The van der Waals surface area contributed by atoms with E-state index in [-0.39, 0.29) is 23.9 Å². The monoisotopic (exact) mass is 433 g/mol. The molecular weight excluding hydrogens is 410 g/mol. The predicted octanol–water partition coefficient (Wildman–Crippen LogP) is 1.35. The summed E-state index contributed by atoms with van der Waals surface area (Å²) >= 11 is 0. The molecule has 0 bridgehead atoms. The molecule has 9 nitrogen and oxygen atoms in total. The summed E-state index contributed by atoms with van der Waals surface area (Å²) in [5.41, 5.74) is 1.30. The van der Waals surface area contributed by atoms with Gasteiger partial charge in [0, 0.05) is 26.2 Å². The lowest BCUT2D eigenvalue weighted by molar-refractivity contribution is -0.121. The summed E-state index contributed by atoms with van der Waals surface area (Å²) in [5, 5.41) is 5.27. The van der Waals surface area contributed by atoms with E-state index in [4.69, 9.17) is 9.47 Å². The molecule has 0 spiro atoms. The Morgan fingerprint density at radius 1 is 1.03 bits per heavy atom. The van der Waals surface area contributed by atoms with Gasteiger partial charge in [0.15, 0.2) is 11.5 Å². The van der Waals surface area contributed by atoms with Crippen molar-refractivity contribution in [2.24, 2.45) is 0 Å². The normalized spacial score (nSPS) is 13.0. The van der Waals surface area contributed by atoms with E-state index in [0.717, 1.165) is 9.87 Å². The molecule has 160 valence electrons. The number of nitrogens with one attached hydrogen (secondary N) is 2. The van der Waals surface area contributed by atoms with E-state index in [1.807, 2.05) is 6.07 Å². The van der Waals surface area contributed by atoms with Crippen LogP contribution < -0.4 is 20.1 Å². The Hall–Kier alpha value is -3.11. The minimum absolute atomic E-state index is 0.0266. The second-order valence-electron chi connectivity index (χ2n) is 6.72. The van der Waals surface area contributed by atoms with E-state index in [9.17, 15) is 18.0 Å². The highest BCUT2D eigenvalue weighted by Gasteiger charge is 2.23. The summed E-state index contributed by atoms with van der Waals surface area (Å²) in [5.74, 6) is 0.588. The SMILES string of the molecule is CC(=O)Nc1ccc(S(=O)(=O)N(C)CC(=O)NCc2ccc3c(c2)OCCO3)cc1. The Kier molecular flexibility index (Phi) is 6.58. The number of carbonyl (C=O) groups excluding carboxylic acids is 2. The van der Waals surface area contributed by atoms with Gasteiger partial charge in [0.25, 0.3) is 0 Å². The molecule has 0 radical (unpaired) electrons. The van der Waals surface area contributed by atoms with E-state index >= 15 is 0 Å². The van der Waals surface area contributed by atoms with Gasteiger partial charge in [-0.05, 0) is 42.0 Å². The molecule has 2 amide bonds.